The molecule has 1 N–H and O–H groups in total. The van der Waals surface area contributed by atoms with Crippen molar-refractivity contribution in [2.45, 2.75) is 43.7 Å². The van der Waals surface area contributed by atoms with Crippen LogP contribution in [-0.4, -0.2) is 55.4 Å². The third kappa shape index (κ3) is 4.96. The van der Waals surface area contributed by atoms with E-state index in [-0.39, 0.29) is 35.3 Å². The quantitative estimate of drug-likeness (QED) is 0.349. The van der Waals surface area contributed by atoms with Crippen LogP contribution in [0.4, 0.5) is 20.4 Å². The molecule has 1 aliphatic heterocycles. The summed E-state index contributed by atoms with van der Waals surface area (Å²) >= 11 is 13.3. The van der Waals surface area contributed by atoms with Crippen molar-refractivity contribution in [3.8, 4) is 22.8 Å². The van der Waals surface area contributed by atoms with Crippen LogP contribution in [0.2, 0.25) is 10.0 Å². The number of aromatic nitrogens is 2. The van der Waals surface area contributed by atoms with Crippen molar-refractivity contribution in [1.82, 2.24) is 9.97 Å². The molecule has 2 atom stereocenters. The lowest BCUT2D eigenvalue weighted by atomic mass is 10.1. The first-order chi connectivity index (χ1) is 17.3. The molecule has 1 saturated heterocycles. The van der Waals surface area contributed by atoms with Crippen molar-refractivity contribution >= 4 is 45.6 Å². The molecule has 5 rings (SSSR count). The van der Waals surface area contributed by atoms with Crippen molar-refractivity contribution in [2.24, 2.45) is 0 Å². The molecule has 1 aromatic carbocycles. The van der Waals surface area contributed by atoms with Gasteiger partial charge in [-0.3, -0.25) is 0 Å². The van der Waals surface area contributed by atoms with Gasteiger partial charge in [0.1, 0.15) is 17.3 Å². The van der Waals surface area contributed by atoms with Gasteiger partial charge >= 0.3 is 0 Å². The summed E-state index contributed by atoms with van der Waals surface area (Å²) in [4.78, 5) is 9.30. The molecule has 3 aromatic rings. The molecule has 1 aliphatic carbocycles. The number of fused-ring (bicyclic) bond motifs is 1. The van der Waals surface area contributed by atoms with Crippen molar-refractivity contribution in [3.05, 3.63) is 39.8 Å². The lowest BCUT2D eigenvalue weighted by Crippen LogP contribution is -2.19. The molecule has 3 heterocycles. The van der Waals surface area contributed by atoms with E-state index in [2.05, 4.69) is 15.6 Å². The molecular formula is C25H25Cl2F2N4O3-. The third-order valence-corrected chi connectivity index (χ3v) is 7.24. The van der Waals surface area contributed by atoms with Crippen molar-refractivity contribution in [1.29, 1.82) is 0 Å². The van der Waals surface area contributed by atoms with Crippen LogP contribution in [-0.2, 0) is 4.74 Å². The van der Waals surface area contributed by atoms with Gasteiger partial charge in [0.25, 0.3) is 0 Å². The fourth-order valence-corrected chi connectivity index (χ4v) is 5.31. The molecule has 7 nitrogen and oxygen atoms in total. The SMILES string of the molecule is COc1cc(OC)c(Cl)c(-c2cc3cnc(NC4CCOC4)cc3c([N-]C3CCC(F)(F)C3)n2)c1Cl. The summed E-state index contributed by atoms with van der Waals surface area (Å²) in [6, 6.07) is 4.82. The molecule has 0 amide bonds. The van der Waals surface area contributed by atoms with Crippen LogP contribution in [0.1, 0.15) is 25.7 Å². The van der Waals surface area contributed by atoms with E-state index >= 15 is 0 Å². The maximum atomic E-state index is 13.9. The summed E-state index contributed by atoms with van der Waals surface area (Å²) in [6.45, 7) is 1.29. The lowest BCUT2D eigenvalue weighted by molar-refractivity contribution is 0.00878. The fraction of sp³-hybridized carbons (Fsp3) is 0.440. The number of benzene rings is 1. The van der Waals surface area contributed by atoms with Gasteiger partial charge < -0.3 is 29.8 Å². The summed E-state index contributed by atoms with van der Waals surface area (Å²) in [5.74, 6) is -1.04. The third-order valence-electron chi connectivity index (χ3n) is 6.49. The average molecular weight is 538 g/mol. The second kappa shape index (κ2) is 10.0. The first-order valence-corrected chi connectivity index (χ1v) is 12.4. The number of hydrogen-bond acceptors (Lipinski definition) is 6. The molecule has 0 radical (unpaired) electrons. The van der Waals surface area contributed by atoms with Gasteiger partial charge in [0, 0.05) is 42.7 Å². The number of nitrogens with one attached hydrogen (secondary N) is 1. The zero-order chi connectivity index (χ0) is 25.4. The van der Waals surface area contributed by atoms with E-state index in [9.17, 15) is 8.78 Å². The van der Waals surface area contributed by atoms with Crippen LogP contribution in [0.15, 0.2) is 24.4 Å². The van der Waals surface area contributed by atoms with Gasteiger partial charge in [-0.1, -0.05) is 29.0 Å². The molecule has 0 bridgehead atoms. The van der Waals surface area contributed by atoms with Gasteiger partial charge in [-0.05, 0) is 42.1 Å². The largest absolute Gasteiger partial charge is 0.495 e. The minimum absolute atomic E-state index is 0.151. The van der Waals surface area contributed by atoms with E-state index < -0.39 is 12.0 Å². The van der Waals surface area contributed by atoms with Crippen molar-refractivity contribution in [2.75, 3.05) is 32.8 Å². The molecule has 2 aliphatic rings. The number of ether oxygens (including phenoxy) is 3. The van der Waals surface area contributed by atoms with Crippen LogP contribution >= 0.6 is 23.2 Å². The Morgan fingerprint density at radius 2 is 1.86 bits per heavy atom. The average Bonchev–Trinajstić information content (AvgIpc) is 3.48. The Morgan fingerprint density at radius 3 is 2.47 bits per heavy atom. The standard InChI is InChI=1S/C25H25Cl2F2N4O3/c1-34-18-9-19(35-2)23(27)21(22(18)26)17-7-13-11-30-20(31-15-4-6-36-12-15)8-16(13)24(33-17)32-14-3-5-25(28,29)10-14/h7-9,11,14-15H,3-6,10,12H2,1-2H3,(H-,30,31,32,33)/q-1. The summed E-state index contributed by atoms with van der Waals surface area (Å²) < 4.78 is 44.1. The van der Waals surface area contributed by atoms with Crippen molar-refractivity contribution in [3.63, 3.8) is 0 Å². The Hall–Kier alpha value is -2.62. The highest BCUT2D eigenvalue weighted by atomic mass is 35.5. The van der Waals surface area contributed by atoms with Gasteiger partial charge in [-0.25, -0.2) is 13.8 Å². The van der Waals surface area contributed by atoms with E-state index in [1.807, 2.05) is 6.07 Å². The second-order valence-corrected chi connectivity index (χ2v) is 9.75. The Morgan fingerprint density at radius 1 is 1.11 bits per heavy atom. The fourth-order valence-electron chi connectivity index (χ4n) is 4.61. The first kappa shape index (κ1) is 25.0. The van der Waals surface area contributed by atoms with Crippen LogP contribution in [0.25, 0.3) is 27.3 Å². The zero-order valence-electron chi connectivity index (χ0n) is 19.8. The summed E-state index contributed by atoms with van der Waals surface area (Å²) in [6.07, 6.45) is 2.34. The monoisotopic (exact) mass is 537 g/mol. The first-order valence-electron chi connectivity index (χ1n) is 11.6. The predicted octanol–water partition coefficient (Wildman–Crippen LogP) is 7.01. The summed E-state index contributed by atoms with van der Waals surface area (Å²) in [7, 11) is 2.97. The maximum Gasteiger partial charge on any atom is 0.248 e. The molecule has 1 saturated carbocycles. The summed E-state index contributed by atoms with van der Waals surface area (Å²) in [5.41, 5.74) is 0.805. The number of pyridine rings is 2. The smallest absolute Gasteiger partial charge is 0.248 e. The van der Waals surface area contributed by atoms with Crippen LogP contribution < -0.4 is 14.8 Å². The highest BCUT2D eigenvalue weighted by Crippen LogP contribution is 2.48. The molecular weight excluding hydrogens is 513 g/mol. The normalized spacial score (nSPS) is 21.1. The lowest BCUT2D eigenvalue weighted by Gasteiger charge is -2.26. The number of alkyl halides is 2. The molecule has 0 spiro atoms. The Bertz CT molecular complexity index is 1260. The van der Waals surface area contributed by atoms with Gasteiger partial charge in [0.2, 0.25) is 5.92 Å². The van der Waals surface area contributed by atoms with Gasteiger partial charge in [-0.15, -0.1) is 0 Å². The van der Waals surface area contributed by atoms with Crippen LogP contribution in [0, 0.1) is 0 Å². The molecule has 11 heteroatoms. The van der Waals surface area contributed by atoms with Crippen LogP contribution in [0.3, 0.4) is 0 Å². The minimum Gasteiger partial charge on any atom is -0.495 e. The molecule has 2 fully saturated rings. The zero-order valence-corrected chi connectivity index (χ0v) is 21.3. The molecule has 192 valence electrons. The van der Waals surface area contributed by atoms with E-state index in [0.717, 1.165) is 6.42 Å². The predicted molar refractivity (Wildman–Crippen MR) is 137 cm³/mol. The second-order valence-electron chi connectivity index (χ2n) is 8.99. The highest BCUT2D eigenvalue weighted by molar-refractivity contribution is 6.41. The van der Waals surface area contributed by atoms with Crippen molar-refractivity contribution < 1.29 is 23.0 Å². The van der Waals surface area contributed by atoms with E-state index in [4.69, 9.17) is 42.4 Å². The number of methoxy groups -OCH3 is 2. The molecule has 2 unspecified atom stereocenters. The number of halogens is 4. The number of nitrogens with zero attached hydrogens (tertiary/aromatic N) is 3. The van der Waals surface area contributed by atoms with E-state index in [1.54, 1.807) is 18.3 Å². The van der Waals surface area contributed by atoms with Gasteiger partial charge in [0.05, 0.1) is 36.9 Å². The molecule has 36 heavy (non-hydrogen) atoms. The van der Waals surface area contributed by atoms with Gasteiger partial charge in [0.15, 0.2) is 0 Å². The highest BCUT2D eigenvalue weighted by Gasteiger charge is 2.37. The number of anilines is 1. The topological polar surface area (TPSA) is 79.6 Å². The number of rotatable bonds is 7. The van der Waals surface area contributed by atoms with E-state index in [0.29, 0.717) is 58.4 Å². The van der Waals surface area contributed by atoms with Gasteiger partial charge in [-0.2, -0.15) is 0 Å². The van der Waals surface area contributed by atoms with E-state index in [1.165, 1.54) is 14.2 Å². The Kier molecular flexibility index (Phi) is 6.98. The molecule has 2 aromatic heterocycles. The Labute approximate surface area is 217 Å². The number of hydrogen-bond donors (Lipinski definition) is 1. The van der Waals surface area contributed by atoms with Crippen LogP contribution in [0.5, 0.6) is 11.5 Å². The maximum absolute atomic E-state index is 13.9. The minimum atomic E-state index is -2.73. The Balaban J connectivity index is 1.63. The summed E-state index contributed by atoms with van der Waals surface area (Å²) in [5, 5.41) is 9.93.